The molecule has 2 amide bonds. The molecule has 1 heterocycles. The molecule has 4 rings (SSSR count). The summed E-state index contributed by atoms with van der Waals surface area (Å²) in [6.07, 6.45) is 0.378. The molecule has 0 aliphatic carbocycles. The van der Waals surface area contributed by atoms with Gasteiger partial charge in [-0.2, -0.15) is 5.10 Å². The number of ether oxygens (including phenoxy) is 5. The number of halogens is 2. The third kappa shape index (κ3) is 8.95. The number of carbonyl (C=O) groups is 2. The van der Waals surface area contributed by atoms with Crippen LogP contribution in [-0.2, 0) is 16.1 Å². The van der Waals surface area contributed by atoms with Gasteiger partial charge in [-0.05, 0) is 89.5 Å². The fraction of sp³-hybridized carbons (Fsp3) is 0.281. The molecule has 0 saturated heterocycles. The zero-order valence-corrected chi connectivity index (χ0v) is 28.5. The van der Waals surface area contributed by atoms with Gasteiger partial charge in [0.15, 0.2) is 29.2 Å². The molecule has 2 atom stereocenters. The summed E-state index contributed by atoms with van der Waals surface area (Å²) in [7, 11) is 2.83. The maximum Gasteiger partial charge on any atom is 0.337 e. The van der Waals surface area contributed by atoms with Crippen molar-refractivity contribution in [3.8, 4) is 23.0 Å². The minimum absolute atomic E-state index is 0.162. The van der Waals surface area contributed by atoms with E-state index >= 15 is 0 Å². The number of aliphatic hydroxyl groups is 1. The Morgan fingerprint density at radius 2 is 1.91 bits per heavy atom. The predicted molar refractivity (Wildman–Crippen MR) is 180 cm³/mol. The number of esters is 1. The fourth-order valence-electron chi connectivity index (χ4n) is 4.56. The van der Waals surface area contributed by atoms with Crippen LogP contribution in [0.1, 0.15) is 36.6 Å². The minimum atomic E-state index is -1.16. The van der Waals surface area contributed by atoms with E-state index in [0.717, 1.165) is 9.13 Å². The number of carbonyl (C=O) groups excluding carboxylic acids is 2. The molecule has 0 unspecified atom stereocenters. The first-order chi connectivity index (χ1) is 22.1. The second-order valence-electron chi connectivity index (χ2n) is 9.87. The Labute approximate surface area is 285 Å². The van der Waals surface area contributed by atoms with Crippen LogP contribution < -0.4 is 35.0 Å². The first-order valence-corrected chi connectivity index (χ1v) is 15.6. The summed E-state index contributed by atoms with van der Waals surface area (Å²) in [5.41, 5.74) is 5.51. The van der Waals surface area contributed by atoms with Crippen molar-refractivity contribution in [1.82, 2.24) is 16.1 Å². The van der Waals surface area contributed by atoms with E-state index in [2.05, 4.69) is 43.8 Å². The first-order valence-electron chi connectivity index (χ1n) is 14.1. The summed E-state index contributed by atoms with van der Waals surface area (Å²) in [6, 6.07) is 14.9. The van der Waals surface area contributed by atoms with E-state index in [1.165, 1.54) is 13.3 Å². The molecular formula is C32H34ClIN4O8. The van der Waals surface area contributed by atoms with Crippen molar-refractivity contribution in [2.75, 3.05) is 27.4 Å². The first kappa shape index (κ1) is 34.7. The van der Waals surface area contributed by atoms with E-state index in [9.17, 15) is 14.7 Å². The van der Waals surface area contributed by atoms with Gasteiger partial charge in [-0.1, -0.05) is 29.8 Å². The predicted octanol–water partition coefficient (Wildman–Crippen LogP) is 5.05. The highest BCUT2D eigenvalue weighted by molar-refractivity contribution is 14.1. The second kappa shape index (κ2) is 16.4. The normalized spacial score (nSPS) is 15.1. The lowest BCUT2D eigenvalue weighted by Crippen LogP contribution is -2.45. The number of hydrogen-bond donors (Lipinski definition) is 4. The lowest BCUT2D eigenvalue weighted by atomic mass is 9.95. The maximum atomic E-state index is 12.5. The smallest absolute Gasteiger partial charge is 0.337 e. The molecule has 1 aliphatic rings. The van der Waals surface area contributed by atoms with E-state index < -0.39 is 24.3 Å². The number of aliphatic hydroxyl groups excluding tert-OH is 1. The van der Waals surface area contributed by atoms with E-state index in [1.54, 1.807) is 44.4 Å². The van der Waals surface area contributed by atoms with Crippen molar-refractivity contribution in [2.24, 2.45) is 5.10 Å². The van der Waals surface area contributed by atoms with Crippen LogP contribution in [0.2, 0.25) is 5.02 Å². The average molecular weight is 765 g/mol. The number of hydrazone groups is 1. The quantitative estimate of drug-likeness (QED) is 0.0582. The topological polar surface area (TPSA) is 149 Å². The average Bonchev–Trinajstić information content (AvgIpc) is 3.03. The van der Waals surface area contributed by atoms with Crippen LogP contribution in [0.15, 0.2) is 71.0 Å². The number of rotatable bonds is 14. The van der Waals surface area contributed by atoms with Gasteiger partial charge >= 0.3 is 12.0 Å². The number of urea groups is 1. The molecule has 1 aliphatic heterocycles. The van der Waals surface area contributed by atoms with Crippen LogP contribution in [0.25, 0.3) is 0 Å². The molecule has 3 aromatic rings. The standard InChI is InChI=1S/C32H34ClIN4O8/c1-5-44-25-14-21(29-28(31(40)43-4)18(2)36-32(41)37-29)9-10-24(25)45-17-27(39)38-35-15-20-12-23(34)30(26(13-20)42-3)46-16-19-7-6-8-22(33)11-19/h6-15,27,29,38-39H,5,16-17H2,1-4H3,(H2,36,37,41)/b35-15+/t27-,29+/m0/s1. The molecule has 14 heteroatoms. The van der Waals surface area contributed by atoms with Gasteiger partial charge in [0.1, 0.15) is 13.2 Å². The minimum Gasteiger partial charge on any atom is -0.493 e. The van der Waals surface area contributed by atoms with Crippen molar-refractivity contribution in [2.45, 2.75) is 32.7 Å². The Hall–Kier alpha value is -4.21. The highest BCUT2D eigenvalue weighted by atomic mass is 127. The Morgan fingerprint density at radius 3 is 2.63 bits per heavy atom. The number of benzene rings is 3. The lowest BCUT2D eigenvalue weighted by molar-refractivity contribution is -0.136. The molecule has 0 spiro atoms. The highest BCUT2D eigenvalue weighted by Gasteiger charge is 2.32. The summed E-state index contributed by atoms with van der Waals surface area (Å²) < 4.78 is 28.8. The van der Waals surface area contributed by atoms with Gasteiger partial charge in [0.05, 0.1) is 42.2 Å². The van der Waals surface area contributed by atoms with Crippen LogP contribution in [0.4, 0.5) is 4.79 Å². The lowest BCUT2D eigenvalue weighted by Gasteiger charge is -2.28. The van der Waals surface area contributed by atoms with Crippen LogP contribution >= 0.6 is 34.2 Å². The summed E-state index contributed by atoms with van der Waals surface area (Å²) in [5.74, 6) is 1.26. The summed E-state index contributed by atoms with van der Waals surface area (Å²) in [5, 5.41) is 20.6. The van der Waals surface area contributed by atoms with Gasteiger partial charge in [0.2, 0.25) is 0 Å². The molecule has 46 heavy (non-hydrogen) atoms. The van der Waals surface area contributed by atoms with Crippen molar-refractivity contribution in [1.29, 1.82) is 0 Å². The van der Waals surface area contributed by atoms with Gasteiger partial charge in [-0.25, -0.2) is 9.59 Å². The van der Waals surface area contributed by atoms with Crippen LogP contribution in [-0.4, -0.2) is 57.0 Å². The highest BCUT2D eigenvalue weighted by Crippen LogP contribution is 2.36. The van der Waals surface area contributed by atoms with Crippen LogP contribution in [0.5, 0.6) is 23.0 Å². The maximum absolute atomic E-state index is 12.5. The molecule has 0 fully saturated rings. The summed E-state index contributed by atoms with van der Waals surface area (Å²) in [6.45, 7) is 3.92. The van der Waals surface area contributed by atoms with Gasteiger partial charge in [0, 0.05) is 10.7 Å². The third-order valence-corrected chi connectivity index (χ3v) is 7.67. The van der Waals surface area contributed by atoms with E-state index in [4.69, 9.17) is 35.3 Å². The van der Waals surface area contributed by atoms with Gasteiger partial charge in [-0.3, -0.25) is 5.43 Å². The number of methoxy groups -OCH3 is 2. The van der Waals surface area contributed by atoms with Crippen molar-refractivity contribution in [3.05, 3.63) is 91.2 Å². The molecule has 0 bridgehead atoms. The molecule has 3 aromatic carbocycles. The number of nitrogens with one attached hydrogen (secondary N) is 3. The van der Waals surface area contributed by atoms with Crippen molar-refractivity contribution < 1.29 is 38.4 Å². The summed E-state index contributed by atoms with van der Waals surface area (Å²) in [4.78, 5) is 24.6. The molecule has 0 aromatic heterocycles. The number of amides is 2. The zero-order chi connectivity index (χ0) is 33.2. The molecule has 244 valence electrons. The number of hydrogen-bond acceptors (Lipinski definition) is 10. The molecular weight excluding hydrogens is 731 g/mol. The Kier molecular flexibility index (Phi) is 12.3. The summed E-state index contributed by atoms with van der Waals surface area (Å²) >= 11 is 8.24. The van der Waals surface area contributed by atoms with Crippen molar-refractivity contribution in [3.63, 3.8) is 0 Å². The third-order valence-electron chi connectivity index (χ3n) is 6.63. The van der Waals surface area contributed by atoms with Crippen LogP contribution in [0.3, 0.4) is 0 Å². The van der Waals surface area contributed by atoms with Crippen LogP contribution in [0, 0.1) is 3.57 Å². The zero-order valence-electron chi connectivity index (χ0n) is 25.6. The fourth-order valence-corrected chi connectivity index (χ4v) is 5.55. The molecule has 4 N–H and O–H groups in total. The van der Waals surface area contributed by atoms with E-state index in [1.807, 2.05) is 31.2 Å². The number of nitrogens with zero attached hydrogens (tertiary/aromatic N) is 1. The Bertz CT molecular complexity index is 1630. The molecule has 0 saturated carbocycles. The largest absolute Gasteiger partial charge is 0.493 e. The Morgan fingerprint density at radius 1 is 1.11 bits per heavy atom. The number of allylic oxidation sites excluding steroid dienone is 1. The SMILES string of the molecule is CCOc1cc([C@H]2NC(=O)NC(C)=C2C(=O)OC)ccc1OC[C@H](O)N/N=C/c1cc(I)c(OCc2cccc(Cl)c2)c(OC)c1. The van der Waals surface area contributed by atoms with Gasteiger partial charge in [0.25, 0.3) is 0 Å². The van der Waals surface area contributed by atoms with E-state index in [0.29, 0.717) is 58.1 Å². The monoisotopic (exact) mass is 764 g/mol. The van der Waals surface area contributed by atoms with E-state index in [-0.39, 0.29) is 12.2 Å². The van der Waals surface area contributed by atoms with Crippen molar-refractivity contribution >= 4 is 52.4 Å². The molecule has 12 nitrogen and oxygen atoms in total. The molecule has 0 radical (unpaired) electrons. The second-order valence-corrected chi connectivity index (χ2v) is 11.5. The van der Waals surface area contributed by atoms with Gasteiger partial charge in [-0.15, -0.1) is 0 Å². The Balaban J connectivity index is 1.39. The van der Waals surface area contributed by atoms with Gasteiger partial charge < -0.3 is 39.4 Å².